The van der Waals surface area contributed by atoms with Gasteiger partial charge in [-0.1, -0.05) is 6.07 Å². The Bertz CT molecular complexity index is 458. The minimum Gasteiger partial charge on any atom is -0.392 e. The topological polar surface area (TPSA) is 55.8 Å². The fraction of sp³-hybridized carbons (Fsp3) is 0.533. The van der Waals surface area contributed by atoms with E-state index in [4.69, 9.17) is 0 Å². The van der Waals surface area contributed by atoms with Crippen molar-refractivity contribution in [2.24, 2.45) is 0 Å². The molecule has 0 saturated heterocycles. The van der Waals surface area contributed by atoms with Gasteiger partial charge < -0.3 is 20.2 Å². The lowest BCUT2D eigenvalue weighted by Crippen LogP contribution is -2.40. The van der Waals surface area contributed by atoms with E-state index in [9.17, 15) is 9.90 Å². The minimum atomic E-state index is -0.521. The summed E-state index contributed by atoms with van der Waals surface area (Å²) < 4.78 is 0. The number of anilines is 1. The summed E-state index contributed by atoms with van der Waals surface area (Å²) in [5, 5.41) is 12.1. The number of amides is 2. The van der Waals surface area contributed by atoms with Crippen LogP contribution in [0.25, 0.3) is 0 Å². The molecule has 0 aliphatic rings. The normalized spacial score (nSPS) is 11.9. The van der Waals surface area contributed by atoms with Gasteiger partial charge in [0.05, 0.1) is 6.10 Å². The Morgan fingerprint density at radius 2 is 2.00 bits per heavy atom. The number of carbonyl (C=O) groups is 1. The van der Waals surface area contributed by atoms with Gasteiger partial charge >= 0.3 is 6.03 Å². The number of aliphatic hydroxyl groups excluding tert-OH is 1. The number of hydrogen-bond acceptors (Lipinski definition) is 3. The zero-order chi connectivity index (χ0) is 15.3. The van der Waals surface area contributed by atoms with Crippen LogP contribution in [0.15, 0.2) is 18.2 Å². The van der Waals surface area contributed by atoms with E-state index >= 15 is 0 Å². The summed E-state index contributed by atoms with van der Waals surface area (Å²) in [5.41, 5.74) is 3.38. The van der Waals surface area contributed by atoms with Crippen LogP contribution in [-0.2, 0) is 6.54 Å². The van der Waals surface area contributed by atoms with Gasteiger partial charge in [0.1, 0.15) is 0 Å². The monoisotopic (exact) mass is 279 g/mol. The molecule has 1 atom stereocenters. The van der Waals surface area contributed by atoms with E-state index in [1.165, 1.54) is 4.90 Å². The summed E-state index contributed by atoms with van der Waals surface area (Å²) in [7, 11) is 5.67. The number of carbonyl (C=O) groups excluding carboxylic acids is 1. The molecule has 0 fully saturated rings. The largest absolute Gasteiger partial charge is 0.392 e. The molecule has 1 aromatic carbocycles. The predicted molar refractivity (Wildman–Crippen MR) is 82.1 cm³/mol. The summed E-state index contributed by atoms with van der Waals surface area (Å²) in [4.78, 5) is 15.4. The lowest BCUT2D eigenvalue weighted by atomic mass is 10.1. The zero-order valence-corrected chi connectivity index (χ0v) is 13.0. The van der Waals surface area contributed by atoms with Crippen LogP contribution in [-0.4, -0.2) is 49.8 Å². The second-order valence-corrected chi connectivity index (χ2v) is 5.39. The molecule has 0 bridgehead atoms. The van der Waals surface area contributed by atoms with Crippen molar-refractivity contribution in [2.75, 3.05) is 32.6 Å². The number of likely N-dealkylation sites (N-methyl/N-ethyl adjacent to an activating group) is 1. The highest BCUT2D eigenvalue weighted by Gasteiger charge is 2.10. The molecule has 5 heteroatoms. The van der Waals surface area contributed by atoms with E-state index < -0.39 is 6.10 Å². The zero-order valence-electron chi connectivity index (χ0n) is 13.0. The third-order valence-corrected chi connectivity index (χ3v) is 3.16. The van der Waals surface area contributed by atoms with Crippen LogP contribution in [0.3, 0.4) is 0 Å². The second kappa shape index (κ2) is 7.14. The van der Waals surface area contributed by atoms with E-state index in [1.54, 1.807) is 14.0 Å². The summed E-state index contributed by atoms with van der Waals surface area (Å²) >= 11 is 0. The average molecular weight is 279 g/mol. The molecule has 0 spiro atoms. The van der Waals surface area contributed by atoms with Gasteiger partial charge in [-0.2, -0.15) is 0 Å². The number of nitrogens with zero attached hydrogens (tertiary/aromatic N) is 2. The number of benzene rings is 1. The van der Waals surface area contributed by atoms with Gasteiger partial charge in [-0.25, -0.2) is 4.79 Å². The van der Waals surface area contributed by atoms with E-state index in [0.717, 1.165) is 16.8 Å². The highest BCUT2D eigenvalue weighted by Crippen LogP contribution is 2.17. The van der Waals surface area contributed by atoms with Crippen molar-refractivity contribution in [3.63, 3.8) is 0 Å². The number of nitrogens with one attached hydrogen (secondary N) is 1. The van der Waals surface area contributed by atoms with Gasteiger partial charge in [-0.15, -0.1) is 0 Å². The molecule has 5 nitrogen and oxygen atoms in total. The molecule has 1 aromatic rings. The molecule has 1 unspecified atom stereocenters. The van der Waals surface area contributed by atoms with Crippen molar-refractivity contribution in [1.82, 2.24) is 10.2 Å². The average Bonchev–Trinajstić information content (AvgIpc) is 2.35. The quantitative estimate of drug-likeness (QED) is 0.860. The van der Waals surface area contributed by atoms with Crippen molar-refractivity contribution < 1.29 is 9.90 Å². The van der Waals surface area contributed by atoms with Gasteiger partial charge in [0.15, 0.2) is 0 Å². The van der Waals surface area contributed by atoms with E-state index in [2.05, 4.69) is 11.4 Å². The smallest absolute Gasteiger partial charge is 0.317 e. The maximum Gasteiger partial charge on any atom is 0.317 e. The van der Waals surface area contributed by atoms with Crippen LogP contribution >= 0.6 is 0 Å². The standard InChI is InChI=1S/C15H25N3O2/c1-11-8-14(17(3)4)7-6-13(11)9-16-15(20)18(5)10-12(2)19/h6-8,12,19H,9-10H2,1-5H3,(H,16,20). The molecule has 112 valence electrons. The minimum absolute atomic E-state index is 0.179. The van der Waals surface area contributed by atoms with Gasteiger partial charge in [0, 0.05) is 39.9 Å². The van der Waals surface area contributed by atoms with Crippen molar-refractivity contribution in [1.29, 1.82) is 0 Å². The summed E-state index contributed by atoms with van der Waals surface area (Å²) in [6.07, 6.45) is -0.521. The number of urea groups is 1. The van der Waals surface area contributed by atoms with Gasteiger partial charge in [0.2, 0.25) is 0 Å². The Hall–Kier alpha value is -1.75. The lowest BCUT2D eigenvalue weighted by Gasteiger charge is -2.20. The maximum atomic E-state index is 11.8. The molecule has 1 rings (SSSR count). The number of hydrogen-bond donors (Lipinski definition) is 2. The Balaban J connectivity index is 2.59. The molecule has 0 aliphatic heterocycles. The Labute approximate surface area is 121 Å². The molecule has 20 heavy (non-hydrogen) atoms. The van der Waals surface area contributed by atoms with E-state index in [-0.39, 0.29) is 6.03 Å². The number of aryl methyl sites for hydroxylation is 1. The van der Waals surface area contributed by atoms with Crippen LogP contribution in [0.5, 0.6) is 0 Å². The fourth-order valence-electron chi connectivity index (χ4n) is 1.94. The van der Waals surface area contributed by atoms with Crippen LogP contribution in [0.1, 0.15) is 18.1 Å². The Morgan fingerprint density at radius 1 is 1.35 bits per heavy atom. The maximum absolute atomic E-state index is 11.8. The first kappa shape index (κ1) is 16.3. The summed E-state index contributed by atoms with van der Waals surface area (Å²) in [5.74, 6) is 0. The Morgan fingerprint density at radius 3 is 2.50 bits per heavy atom. The highest BCUT2D eigenvalue weighted by atomic mass is 16.3. The first-order valence-electron chi connectivity index (χ1n) is 6.75. The van der Waals surface area contributed by atoms with Crippen molar-refractivity contribution >= 4 is 11.7 Å². The number of rotatable bonds is 5. The predicted octanol–water partition coefficient (Wildman–Crippen LogP) is 1.58. The molecule has 0 heterocycles. The number of aliphatic hydroxyl groups is 1. The molecule has 2 amide bonds. The van der Waals surface area contributed by atoms with E-state index in [0.29, 0.717) is 13.1 Å². The Kier molecular flexibility index (Phi) is 5.82. The highest BCUT2D eigenvalue weighted by molar-refractivity contribution is 5.73. The molecule has 0 radical (unpaired) electrons. The van der Waals surface area contributed by atoms with Crippen molar-refractivity contribution in [3.8, 4) is 0 Å². The molecular weight excluding hydrogens is 254 g/mol. The first-order valence-corrected chi connectivity index (χ1v) is 6.75. The molecule has 2 N–H and O–H groups in total. The summed E-state index contributed by atoms with van der Waals surface area (Å²) in [6, 6.07) is 5.98. The van der Waals surface area contributed by atoms with Crippen LogP contribution in [0, 0.1) is 6.92 Å². The fourth-order valence-corrected chi connectivity index (χ4v) is 1.94. The van der Waals surface area contributed by atoms with E-state index in [1.807, 2.05) is 38.1 Å². The lowest BCUT2D eigenvalue weighted by molar-refractivity contribution is 0.143. The van der Waals surface area contributed by atoms with Crippen LogP contribution in [0.2, 0.25) is 0 Å². The van der Waals surface area contributed by atoms with Gasteiger partial charge in [0.25, 0.3) is 0 Å². The SMILES string of the molecule is Cc1cc(N(C)C)ccc1CNC(=O)N(C)CC(C)O. The van der Waals surface area contributed by atoms with Crippen LogP contribution in [0.4, 0.5) is 10.5 Å². The van der Waals surface area contributed by atoms with Gasteiger partial charge in [-0.3, -0.25) is 0 Å². The first-order chi connectivity index (χ1) is 9.31. The third-order valence-electron chi connectivity index (χ3n) is 3.16. The van der Waals surface area contributed by atoms with Crippen LogP contribution < -0.4 is 10.2 Å². The second-order valence-electron chi connectivity index (χ2n) is 5.39. The summed E-state index contributed by atoms with van der Waals surface area (Å²) in [6.45, 7) is 4.51. The molecule has 0 aliphatic carbocycles. The van der Waals surface area contributed by atoms with Crippen molar-refractivity contribution in [3.05, 3.63) is 29.3 Å². The molecular formula is C15H25N3O2. The molecule has 0 aromatic heterocycles. The van der Waals surface area contributed by atoms with Crippen molar-refractivity contribution in [2.45, 2.75) is 26.5 Å². The molecule has 0 saturated carbocycles. The third kappa shape index (κ3) is 4.74. The van der Waals surface area contributed by atoms with Gasteiger partial charge in [-0.05, 0) is 37.1 Å².